The molecule has 0 unspecified atom stereocenters. The van der Waals surface area contributed by atoms with Crippen LogP contribution in [0.1, 0.15) is 31.9 Å². The molecule has 0 saturated carbocycles. The molecule has 4 heteroatoms. The maximum atomic E-state index is 7.06. The third-order valence-corrected chi connectivity index (χ3v) is 8.19. The summed E-state index contributed by atoms with van der Waals surface area (Å²) in [6, 6.07) is 24.1. The van der Waals surface area contributed by atoms with Crippen LogP contribution >= 0.6 is 22.9 Å². The van der Waals surface area contributed by atoms with Crippen molar-refractivity contribution in [1.29, 1.82) is 0 Å². The third-order valence-electron chi connectivity index (χ3n) is 6.73. The molecule has 0 bridgehead atoms. The van der Waals surface area contributed by atoms with Gasteiger partial charge in [-0.25, -0.2) is 0 Å². The van der Waals surface area contributed by atoms with Crippen LogP contribution in [0.2, 0.25) is 5.02 Å². The van der Waals surface area contributed by atoms with Crippen molar-refractivity contribution in [3.8, 4) is 11.4 Å². The van der Waals surface area contributed by atoms with Gasteiger partial charge in [0, 0.05) is 21.2 Å². The summed E-state index contributed by atoms with van der Waals surface area (Å²) in [5.41, 5.74) is 5.91. The number of ether oxygens (including phenoxy) is 1. The molecule has 6 aromatic rings. The van der Waals surface area contributed by atoms with Crippen LogP contribution in [0, 0.1) is 6.92 Å². The van der Waals surface area contributed by atoms with E-state index < -0.39 is 0 Å². The molecule has 0 amide bonds. The zero-order valence-corrected chi connectivity index (χ0v) is 21.6. The number of rotatable bonds is 2. The maximum Gasteiger partial charge on any atom is 0.120 e. The summed E-state index contributed by atoms with van der Waals surface area (Å²) in [5, 5.41) is 5.68. The quantitative estimate of drug-likeness (QED) is 0.239. The second-order valence-electron chi connectivity index (χ2n) is 10.1. The highest BCUT2D eigenvalue weighted by Crippen LogP contribution is 2.46. The summed E-state index contributed by atoms with van der Waals surface area (Å²) in [4.78, 5) is 0. The second kappa shape index (κ2) is 7.49. The fourth-order valence-electron chi connectivity index (χ4n) is 4.89. The van der Waals surface area contributed by atoms with Gasteiger partial charge >= 0.3 is 0 Å². The Bertz CT molecular complexity index is 1750. The molecular formula is C30H26ClNOS. The molecule has 34 heavy (non-hydrogen) atoms. The van der Waals surface area contributed by atoms with Gasteiger partial charge in [0.2, 0.25) is 0 Å². The van der Waals surface area contributed by atoms with Gasteiger partial charge in [-0.15, -0.1) is 11.3 Å². The number of hydrogen-bond acceptors (Lipinski definition) is 2. The molecule has 4 aromatic carbocycles. The van der Waals surface area contributed by atoms with E-state index in [0.29, 0.717) is 0 Å². The van der Waals surface area contributed by atoms with E-state index in [9.17, 15) is 0 Å². The van der Waals surface area contributed by atoms with Crippen molar-refractivity contribution < 1.29 is 4.74 Å². The van der Waals surface area contributed by atoms with Crippen LogP contribution in [0.3, 0.4) is 0 Å². The third kappa shape index (κ3) is 3.22. The van der Waals surface area contributed by atoms with Gasteiger partial charge < -0.3 is 9.30 Å². The molecule has 2 nitrogen and oxygen atoms in total. The lowest BCUT2D eigenvalue weighted by atomic mass is 9.86. The number of aromatic nitrogens is 1. The highest BCUT2D eigenvalue weighted by molar-refractivity contribution is 7.26. The Hall–Kier alpha value is -3.01. The van der Waals surface area contributed by atoms with Crippen LogP contribution in [0.5, 0.6) is 5.75 Å². The molecular weight excluding hydrogens is 458 g/mol. The van der Waals surface area contributed by atoms with Crippen LogP contribution in [0.25, 0.3) is 47.7 Å². The van der Waals surface area contributed by atoms with Crippen LogP contribution < -0.4 is 4.74 Å². The fraction of sp³-hybridized carbons (Fsp3) is 0.200. The van der Waals surface area contributed by atoms with Gasteiger partial charge in [-0.1, -0.05) is 62.2 Å². The molecule has 0 saturated heterocycles. The zero-order chi connectivity index (χ0) is 23.8. The zero-order valence-electron chi connectivity index (χ0n) is 20.0. The highest BCUT2D eigenvalue weighted by Gasteiger charge is 2.23. The first-order valence-electron chi connectivity index (χ1n) is 11.5. The Labute approximate surface area is 208 Å². The maximum absolute atomic E-state index is 7.06. The van der Waals surface area contributed by atoms with Crippen molar-refractivity contribution in [1.82, 2.24) is 4.57 Å². The minimum atomic E-state index is 0.00658. The summed E-state index contributed by atoms with van der Waals surface area (Å²) in [7, 11) is 1.72. The Morgan fingerprint density at radius 3 is 2.38 bits per heavy atom. The molecule has 0 atom stereocenters. The second-order valence-corrected chi connectivity index (χ2v) is 11.6. The largest absolute Gasteiger partial charge is 0.497 e. The van der Waals surface area contributed by atoms with Gasteiger partial charge in [0.1, 0.15) is 5.75 Å². The van der Waals surface area contributed by atoms with Gasteiger partial charge in [0.15, 0.2) is 0 Å². The average molecular weight is 484 g/mol. The lowest BCUT2D eigenvalue weighted by Gasteiger charge is -2.20. The molecule has 0 aliphatic rings. The molecule has 0 fully saturated rings. The minimum absolute atomic E-state index is 0.00658. The number of thiophene rings is 1. The Kier molecular flexibility index (Phi) is 4.74. The van der Waals surface area contributed by atoms with Gasteiger partial charge in [0.25, 0.3) is 0 Å². The Morgan fingerprint density at radius 1 is 0.824 bits per heavy atom. The lowest BCUT2D eigenvalue weighted by molar-refractivity contribution is 0.415. The topological polar surface area (TPSA) is 14.2 Å². The lowest BCUT2D eigenvalue weighted by Crippen LogP contribution is -2.10. The smallest absolute Gasteiger partial charge is 0.120 e. The van der Waals surface area contributed by atoms with E-state index in [1.165, 1.54) is 47.6 Å². The van der Waals surface area contributed by atoms with Crippen molar-refractivity contribution in [3.05, 3.63) is 82.9 Å². The van der Waals surface area contributed by atoms with Gasteiger partial charge in [0.05, 0.1) is 27.9 Å². The average Bonchev–Trinajstić information content (AvgIpc) is 3.32. The summed E-state index contributed by atoms with van der Waals surface area (Å²) in [6.45, 7) is 8.85. The molecule has 0 spiro atoms. The summed E-state index contributed by atoms with van der Waals surface area (Å²) >= 11 is 8.87. The monoisotopic (exact) mass is 483 g/mol. The standard InChI is InChI=1S/C30H26ClNOS/c1-17-6-7-18-8-9-21(13-19(18)12-17)32-27-24(14-20(15-25(27)31)30(2,3)4)29-28(32)23-11-10-22(33-5)16-26(23)34-29/h6-16H,1-5H3. The van der Waals surface area contributed by atoms with E-state index in [1.54, 1.807) is 7.11 Å². The summed E-state index contributed by atoms with van der Waals surface area (Å²) in [6.07, 6.45) is 0. The van der Waals surface area contributed by atoms with Crippen LogP contribution in [-0.2, 0) is 5.41 Å². The number of nitrogens with zero attached hydrogens (tertiary/aromatic N) is 1. The van der Waals surface area contributed by atoms with E-state index in [4.69, 9.17) is 16.3 Å². The first-order chi connectivity index (χ1) is 16.2. The Morgan fingerprint density at radius 2 is 1.62 bits per heavy atom. The molecule has 2 aromatic heterocycles. The molecule has 0 aliphatic carbocycles. The SMILES string of the molecule is COc1ccc2c(c1)sc1c3cc(C(C)(C)C)cc(Cl)c3n(-c3ccc4ccc(C)cc4c3)c21. The molecule has 0 N–H and O–H groups in total. The van der Waals surface area contributed by atoms with Gasteiger partial charge in [-0.2, -0.15) is 0 Å². The predicted molar refractivity (Wildman–Crippen MR) is 149 cm³/mol. The summed E-state index contributed by atoms with van der Waals surface area (Å²) < 4.78 is 10.3. The minimum Gasteiger partial charge on any atom is -0.497 e. The molecule has 0 aliphatic heterocycles. The van der Waals surface area contributed by atoms with E-state index in [1.807, 2.05) is 17.4 Å². The molecule has 170 valence electrons. The fourth-order valence-corrected chi connectivity index (χ4v) is 6.43. The van der Waals surface area contributed by atoms with Crippen LogP contribution in [0.4, 0.5) is 0 Å². The number of methoxy groups -OCH3 is 1. The first kappa shape index (κ1) is 21.5. The number of fused-ring (bicyclic) bond motifs is 6. The molecule has 6 rings (SSSR count). The van der Waals surface area contributed by atoms with E-state index >= 15 is 0 Å². The van der Waals surface area contributed by atoms with Crippen molar-refractivity contribution in [2.24, 2.45) is 0 Å². The van der Waals surface area contributed by atoms with Crippen molar-refractivity contribution >= 4 is 64.9 Å². The van der Waals surface area contributed by atoms with Crippen molar-refractivity contribution in [3.63, 3.8) is 0 Å². The van der Waals surface area contributed by atoms with Gasteiger partial charge in [-0.3, -0.25) is 0 Å². The molecule has 2 heterocycles. The summed E-state index contributed by atoms with van der Waals surface area (Å²) in [5.74, 6) is 0.877. The van der Waals surface area contributed by atoms with E-state index in [2.05, 4.69) is 92.9 Å². The van der Waals surface area contributed by atoms with Crippen molar-refractivity contribution in [2.75, 3.05) is 7.11 Å². The van der Waals surface area contributed by atoms with Gasteiger partial charge in [-0.05, 0) is 71.1 Å². The van der Waals surface area contributed by atoms with E-state index in [0.717, 1.165) is 22.0 Å². The highest BCUT2D eigenvalue weighted by atomic mass is 35.5. The Balaban J connectivity index is 1.79. The number of halogens is 1. The van der Waals surface area contributed by atoms with Crippen LogP contribution in [-0.4, -0.2) is 11.7 Å². The number of benzene rings is 4. The van der Waals surface area contributed by atoms with Crippen molar-refractivity contribution in [2.45, 2.75) is 33.1 Å². The predicted octanol–water partition coefficient (Wildman–Crippen LogP) is 9.42. The van der Waals surface area contributed by atoms with E-state index in [-0.39, 0.29) is 5.41 Å². The first-order valence-corrected chi connectivity index (χ1v) is 12.7. The van der Waals surface area contributed by atoms with Crippen LogP contribution in [0.15, 0.2) is 66.7 Å². The number of aryl methyl sites for hydroxylation is 1. The number of hydrogen-bond donors (Lipinski definition) is 0. The molecule has 0 radical (unpaired) electrons. The normalized spacial score (nSPS) is 12.4.